The van der Waals surface area contributed by atoms with Crippen LogP contribution in [0.15, 0.2) is 48.7 Å². The van der Waals surface area contributed by atoms with E-state index in [9.17, 15) is 9.50 Å². The van der Waals surface area contributed by atoms with Crippen molar-refractivity contribution < 1.29 is 14.2 Å². The minimum atomic E-state index is -0.284. The Morgan fingerprint density at radius 2 is 1.81 bits per heavy atom. The van der Waals surface area contributed by atoms with Crippen molar-refractivity contribution in [3.8, 4) is 34.1 Å². The summed E-state index contributed by atoms with van der Waals surface area (Å²) in [6.07, 6.45) is 1.69. The average Bonchev–Trinajstić information content (AvgIpc) is 2.98. The van der Waals surface area contributed by atoms with Crippen LogP contribution in [0.5, 0.6) is 11.5 Å². The van der Waals surface area contributed by atoms with Crippen LogP contribution >= 0.6 is 0 Å². The molecule has 0 fully saturated rings. The van der Waals surface area contributed by atoms with Crippen LogP contribution in [0.3, 0.4) is 0 Å². The van der Waals surface area contributed by atoms with Crippen molar-refractivity contribution in [3.63, 3.8) is 0 Å². The fraction of sp³-hybridized carbons (Fsp3) is 0.0625. The number of halogens is 1. The number of hydrogen-bond acceptors (Lipinski definition) is 3. The first kappa shape index (κ1) is 13.2. The van der Waals surface area contributed by atoms with Gasteiger partial charge in [0.15, 0.2) is 11.5 Å². The molecule has 0 aliphatic carbocycles. The molecule has 106 valence electrons. The number of aromatic hydroxyl groups is 1. The minimum Gasteiger partial charge on any atom is -0.504 e. The topological polar surface area (TPSA) is 58.1 Å². The average molecular weight is 284 g/mol. The van der Waals surface area contributed by atoms with Crippen molar-refractivity contribution in [3.05, 3.63) is 54.5 Å². The Bertz CT molecular complexity index is 766. The number of nitrogens with one attached hydrogen (secondary N) is 1. The van der Waals surface area contributed by atoms with E-state index in [1.165, 1.54) is 19.2 Å². The number of phenolic OH excluding ortho intramolecular Hbond substituents is 1. The van der Waals surface area contributed by atoms with Crippen LogP contribution in [0.2, 0.25) is 0 Å². The van der Waals surface area contributed by atoms with Gasteiger partial charge in [-0.15, -0.1) is 0 Å². The van der Waals surface area contributed by atoms with Crippen LogP contribution in [-0.2, 0) is 0 Å². The smallest absolute Gasteiger partial charge is 0.161 e. The Labute approximate surface area is 120 Å². The first-order chi connectivity index (χ1) is 10.2. The van der Waals surface area contributed by atoms with Gasteiger partial charge in [-0.1, -0.05) is 0 Å². The van der Waals surface area contributed by atoms with Gasteiger partial charge in [-0.25, -0.2) is 9.37 Å². The molecule has 0 atom stereocenters. The highest BCUT2D eigenvalue weighted by molar-refractivity contribution is 5.67. The van der Waals surface area contributed by atoms with Crippen molar-refractivity contribution in [2.24, 2.45) is 0 Å². The standard InChI is InChI=1S/C16H13FN2O2/c1-21-15-8-11(4-7-14(15)20)13-9-18-16(19-13)10-2-5-12(17)6-3-10/h2-9,20H,1H3,(H,18,19). The van der Waals surface area contributed by atoms with E-state index in [0.717, 1.165) is 16.8 Å². The number of phenols is 1. The lowest BCUT2D eigenvalue weighted by molar-refractivity contribution is 0.373. The van der Waals surface area contributed by atoms with E-state index in [1.54, 1.807) is 36.5 Å². The summed E-state index contributed by atoms with van der Waals surface area (Å²) in [7, 11) is 1.50. The van der Waals surface area contributed by atoms with Crippen molar-refractivity contribution >= 4 is 0 Å². The molecule has 0 radical (unpaired) electrons. The van der Waals surface area contributed by atoms with E-state index in [2.05, 4.69) is 9.97 Å². The number of aromatic amines is 1. The zero-order valence-corrected chi connectivity index (χ0v) is 11.3. The Balaban J connectivity index is 1.96. The molecule has 0 unspecified atom stereocenters. The van der Waals surface area contributed by atoms with Crippen LogP contribution in [-0.4, -0.2) is 22.2 Å². The van der Waals surface area contributed by atoms with Crippen molar-refractivity contribution in [2.45, 2.75) is 0 Å². The second-order valence-corrected chi connectivity index (χ2v) is 4.54. The Kier molecular flexibility index (Phi) is 3.31. The molecule has 0 saturated heterocycles. The molecule has 0 aliphatic rings. The maximum absolute atomic E-state index is 12.9. The van der Waals surface area contributed by atoms with E-state index in [4.69, 9.17) is 4.74 Å². The summed E-state index contributed by atoms with van der Waals surface area (Å²) >= 11 is 0. The van der Waals surface area contributed by atoms with Gasteiger partial charge >= 0.3 is 0 Å². The molecule has 1 heterocycles. The van der Waals surface area contributed by atoms with Gasteiger partial charge in [0.1, 0.15) is 11.6 Å². The van der Waals surface area contributed by atoms with Gasteiger partial charge in [-0.2, -0.15) is 0 Å². The second-order valence-electron chi connectivity index (χ2n) is 4.54. The molecule has 3 rings (SSSR count). The van der Waals surface area contributed by atoms with Gasteiger partial charge in [0.2, 0.25) is 0 Å². The molecule has 0 amide bonds. The predicted molar refractivity (Wildman–Crippen MR) is 77.6 cm³/mol. The normalized spacial score (nSPS) is 10.6. The largest absolute Gasteiger partial charge is 0.504 e. The number of rotatable bonds is 3. The van der Waals surface area contributed by atoms with Crippen LogP contribution in [0.1, 0.15) is 0 Å². The number of imidazole rings is 1. The SMILES string of the molecule is COc1cc(-c2cnc(-c3ccc(F)cc3)[nH]2)ccc1O. The highest BCUT2D eigenvalue weighted by atomic mass is 19.1. The number of aromatic nitrogens is 2. The van der Waals surface area contributed by atoms with E-state index < -0.39 is 0 Å². The summed E-state index contributed by atoms with van der Waals surface area (Å²) in [5.74, 6) is 0.843. The summed E-state index contributed by atoms with van der Waals surface area (Å²) in [5.41, 5.74) is 2.42. The third-order valence-corrected chi connectivity index (χ3v) is 3.18. The first-order valence-corrected chi connectivity index (χ1v) is 6.35. The highest BCUT2D eigenvalue weighted by Gasteiger charge is 2.08. The maximum atomic E-state index is 12.9. The fourth-order valence-corrected chi connectivity index (χ4v) is 2.07. The first-order valence-electron chi connectivity index (χ1n) is 6.35. The molecule has 0 spiro atoms. The molecular weight excluding hydrogens is 271 g/mol. The number of nitrogens with zero attached hydrogens (tertiary/aromatic N) is 1. The number of methoxy groups -OCH3 is 1. The number of H-pyrrole nitrogens is 1. The Morgan fingerprint density at radius 1 is 1.10 bits per heavy atom. The van der Waals surface area contributed by atoms with E-state index in [0.29, 0.717) is 11.6 Å². The molecule has 2 aromatic carbocycles. The zero-order chi connectivity index (χ0) is 14.8. The molecule has 0 saturated carbocycles. The van der Waals surface area contributed by atoms with Gasteiger partial charge in [0.25, 0.3) is 0 Å². The van der Waals surface area contributed by atoms with Crippen molar-refractivity contribution in [1.29, 1.82) is 0 Å². The van der Waals surface area contributed by atoms with Crippen molar-refractivity contribution in [2.75, 3.05) is 7.11 Å². The van der Waals surface area contributed by atoms with Crippen LogP contribution < -0.4 is 4.74 Å². The third kappa shape index (κ3) is 2.58. The summed E-state index contributed by atoms with van der Waals surface area (Å²) in [6.45, 7) is 0. The molecule has 4 nitrogen and oxygen atoms in total. The van der Waals surface area contributed by atoms with Crippen LogP contribution in [0.4, 0.5) is 4.39 Å². The molecule has 1 aromatic heterocycles. The Hall–Kier alpha value is -2.82. The lowest BCUT2D eigenvalue weighted by atomic mass is 10.1. The Morgan fingerprint density at radius 3 is 2.52 bits per heavy atom. The third-order valence-electron chi connectivity index (χ3n) is 3.18. The van der Waals surface area contributed by atoms with E-state index >= 15 is 0 Å². The number of benzene rings is 2. The lowest BCUT2D eigenvalue weighted by Gasteiger charge is -2.05. The molecule has 21 heavy (non-hydrogen) atoms. The lowest BCUT2D eigenvalue weighted by Crippen LogP contribution is -1.85. The summed E-state index contributed by atoms with van der Waals surface area (Å²) in [4.78, 5) is 7.45. The monoisotopic (exact) mass is 284 g/mol. The van der Waals surface area contributed by atoms with Gasteiger partial charge in [-0.05, 0) is 42.5 Å². The number of ether oxygens (including phenoxy) is 1. The quantitative estimate of drug-likeness (QED) is 0.772. The van der Waals surface area contributed by atoms with Gasteiger partial charge < -0.3 is 14.8 Å². The van der Waals surface area contributed by atoms with Gasteiger partial charge in [0, 0.05) is 11.1 Å². The maximum Gasteiger partial charge on any atom is 0.161 e. The zero-order valence-electron chi connectivity index (χ0n) is 11.3. The minimum absolute atomic E-state index is 0.0829. The van der Waals surface area contributed by atoms with Crippen LogP contribution in [0.25, 0.3) is 22.6 Å². The predicted octanol–water partition coefficient (Wildman–Crippen LogP) is 3.60. The molecule has 0 aliphatic heterocycles. The van der Waals surface area contributed by atoms with Crippen LogP contribution in [0, 0.1) is 5.82 Å². The molecule has 3 aromatic rings. The summed E-state index contributed by atoms with van der Waals surface area (Å²) < 4.78 is 18.0. The summed E-state index contributed by atoms with van der Waals surface area (Å²) in [5, 5.41) is 9.60. The van der Waals surface area contributed by atoms with E-state index in [1.807, 2.05) is 0 Å². The molecule has 0 bridgehead atoms. The molecule has 2 N–H and O–H groups in total. The summed E-state index contributed by atoms with van der Waals surface area (Å²) in [6, 6.07) is 11.1. The van der Waals surface area contributed by atoms with Crippen molar-refractivity contribution in [1.82, 2.24) is 9.97 Å². The van der Waals surface area contributed by atoms with E-state index in [-0.39, 0.29) is 11.6 Å². The molecular formula is C16H13FN2O2. The van der Waals surface area contributed by atoms with Gasteiger partial charge in [0.05, 0.1) is 19.0 Å². The highest BCUT2D eigenvalue weighted by Crippen LogP contribution is 2.31. The van der Waals surface area contributed by atoms with Gasteiger partial charge in [-0.3, -0.25) is 0 Å². The fourth-order valence-electron chi connectivity index (χ4n) is 2.07. The second kappa shape index (κ2) is 5.28. The molecule has 5 heteroatoms. The number of hydrogen-bond donors (Lipinski definition) is 2.